The van der Waals surface area contributed by atoms with Crippen LogP contribution >= 0.6 is 0 Å². The standard InChI is InChI=1S/C22H27NO4/c1-15(2)27-21(25)13-19(18-11-6-5-7-12-18)23-20(24)14-26-22-16(3)9-8-10-17(22)4/h5-12,15,19H,13-14H2,1-4H3,(H,23,24). The highest BCUT2D eigenvalue weighted by atomic mass is 16.5. The number of rotatable bonds is 8. The molecule has 5 nitrogen and oxygen atoms in total. The molecule has 5 heteroatoms. The van der Waals surface area contributed by atoms with Crippen molar-refractivity contribution in [1.82, 2.24) is 5.32 Å². The van der Waals surface area contributed by atoms with Gasteiger partial charge in [0.05, 0.1) is 18.6 Å². The van der Waals surface area contributed by atoms with Crippen LogP contribution in [0.3, 0.4) is 0 Å². The van der Waals surface area contributed by atoms with Gasteiger partial charge in [0.1, 0.15) is 5.75 Å². The fraction of sp³-hybridized carbons (Fsp3) is 0.364. The SMILES string of the molecule is Cc1cccc(C)c1OCC(=O)NC(CC(=O)OC(C)C)c1ccccc1. The van der Waals surface area contributed by atoms with E-state index in [-0.39, 0.29) is 31.0 Å². The Morgan fingerprint density at radius 3 is 2.19 bits per heavy atom. The minimum atomic E-state index is -0.466. The van der Waals surface area contributed by atoms with E-state index in [9.17, 15) is 9.59 Å². The molecule has 2 rings (SSSR count). The monoisotopic (exact) mass is 369 g/mol. The molecule has 1 amide bonds. The summed E-state index contributed by atoms with van der Waals surface area (Å²) in [5.74, 6) is 0.0711. The average Bonchev–Trinajstić information content (AvgIpc) is 2.61. The molecule has 1 N–H and O–H groups in total. The molecule has 2 aromatic carbocycles. The van der Waals surface area contributed by atoms with Gasteiger partial charge in [0.15, 0.2) is 6.61 Å². The average molecular weight is 369 g/mol. The van der Waals surface area contributed by atoms with E-state index < -0.39 is 6.04 Å². The number of benzene rings is 2. The molecule has 0 bridgehead atoms. The van der Waals surface area contributed by atoms with Crippen molar-refractivity contribution in [2.75, 3.05) is 6.61 Å². The Morgan fingerprint density at radius 1 is 0.963 bits per heavy atom. The van der Waals surface area contributed by atoms with Crippen molar-refractivity contribution in [3.63, 3.8) is 0 Å². The normalized spacial score (nSPS) is 11.7. The first-order valence-corrected chi connectivity index (χ1v) is 9.09. The second-order valence-electron chi connectivity index (χ2n) is 6.78. The van der Waals surface area contributed by atoms with E-state index in [1.165, 1.54) is 0 Å². The van der Waals surface area contributed by atoms with Crippen LogP contribution in [0.4, 0.5) is 0 Å². The molecule has 0 saturated heterocycles. The molecular formula is C22H27NO4. The Hall–Kier alpha value is -2.82. The van der Waals surface area contributed by atoms with Gasteiger partial charge in [-0.15, -0.1) is 0 Å². The summed E-state index contributed by atoms with van der Waals surface area (Å²) in [6.45, 7) is 7.36. The minimum Gasteiger partial charge on any atom is -0.483 e. The van der Waals surface area contributed by atoms with Gasteiger partial charge in [-0.2, -0.15) is 0 Å². The number of amides is 1. The molecule has 0 aliphatic heterocycles. The van der Waals surface area contributed by atoms with Gasteiger partial charge in [-0.25, -0.2) is 0 Å². The molecule has 0 fully saturated rings. The third-order valence-corrected chi connectivity index (χ3v) is 4.03. The molecule has 27 heavy (non-hydrogen) atoms. The number of hydrogen-bond acceptors (Lipinski definition) is 4. The molecule has 0 spiro atoms. The Labute approximate surface area is 160 Å². The highest BCUT2D eigenvalue weighted by molar-refractivity contribution is 5.79. The number of nitrogens with one attached hydrogen (secondary N) is 1. The van der Waals surface area contributed by atoms with Gasteiger partial charge in [0.2, 0.25) is 0 Å². The van der Waals surface area contributed by atoms with Crippen molar-refractivity contribution in [3.05, 3.63) is 65.2 Å². The lowest BCUT2D eigenvalue weighted by atomic mass is 10.0. The first kappa shape index (κ1) is 20.5. The number of hydrogen-bond donors (Lipinski definition) is 1. The topological polar surface area (TPSA) is 64.6 Å². The van der Waals surface area contributed by atoms with Crippen LogP contribution in [-0.4, -0.2) is 24.6 Å². The molecule has 0 heterocycles. The summed E-state index contributed by atoms with van der Waals surface area (Å²) < 4.78 is 10.9. The number of ether oxygens (including phenoxy) is 2. The van der Waals surface area contributed by atoms with E-state index in [0.717, 1.165) is 16.7 Å². The lowest BCUT2D eigenvalue weighted by Crippen LogP contribution is -2.34. The molecule has 0 aliphatic carbocycles. The summed E-state index contributed by atoms with van der Waals surface area (Å²) in [6.07, 6.45) is -0.130. The van der Waals surface area contributed by atoms with Gasteiger partial charge in [0, 0.05) is 0 Å². The van der Waals surface area contributed by atoms with Crippen molar-refractivity contribution in [2.24, 2.45) is 0 Å². The Morgan fingerprint density at radius 2 is 1.59 bits per heavy atom. The lowest BCUT2D eigenvalue weighted by molar-refractivity contribution is -0.148. The third kappa shape index (κ3) is 6.44. The molecular weight excluding hydrogens is 342 g/mol. The van der Waals surface area contributed by atoms with E-state index in [4.69, 9.17) is 9.47 Å². The number of esters is 1. The molecule has 0 aliphatic rings. The number of carbonyl (C=O) groups is 2. The molecule has 2 aromatic rings. The van der Waals surface area contributed by atoms with Crippen LogP contribution < -0.4 is 10.1 Å². The first-order valence-electron chi connectivity index (χ1n) is 9.09. The summed E-state index contributed by atoms with van der Waals surface area (Å²) >= 11 is 0. The zero-order valence-corrected chi connectivity index (χ0v) is 16.3. The number of aryl methyl sites for hydroxylation is 2. The Kier molecular flexibility index (Phi) is 7.41. The lowest BCUT2D eigenvalue weighted by Gasteiger charge is -2.20. The largest absolute Gasteiger partial charge is 0.483 e. The Balaban J connectivity index is 2.03. The fourth-order valence-corrected chi connectivity index (χ4v) is 2.82. The van der Waals surface area contributed by atoms with Crippen LogP contribution in [0.2, 0.25) is 0 Å². The fourth-order valence-electron chi connectivity index (χ4n) is 2.82. The summed E-state index contributed by atoms with van der Waals surface area (Å²) in [7, 11) is 0. The molecule has 1 unspecified atom stereocenters. The quantitative estimate of drug-likeness (QED) is 0.717. The summed E-state index contributed by atoms with van der Waals surface area (Å²) in [5, 5.41) is 2.88. The smallest absolute Gasteiger partial charge is 0.308 e. The maximum atomic E-state index is 12.4. The Bertz CT molecular complexity index is 751. The number of para-hydroxylation sites is 1. The van der Waals surface area contributed by atoms with Gasteiger partial charge >= 0.3 is 5.97 Å². The van der Waals surface area contributed by atoms with Crippen molar-refractivity contribution >= 4 is 11.9 Å². The van der Waals surface area contributed by atoms with E-state index in [0.29, 0.717) is 5.75 Å². The second-order valence-corrected chi connectivity index (χ2v) is 6.78. The maximum absolute atomic E-state index is 12.4. The first-order chi connectivity index (χ1) is 12.9. The highest BCUT2D eigenvalue weighted by Gasteiger charge is 2.20. The van der Waals surface area contributed by atoms with E-state index >= 15 is 0 Å². The van der Waals surface area contributed by atoms with Crippen LogP contribution in [-0.2, 0) is 14.3 Å². The van der Waals surface area contributed by atoms with Crippen molar-refractivity contribution in [1.29, 1.82) is 0 Å². The molecule has 0 saturated carbocycles. The summed E-state index contributed by atoms with van der Waals surface area (Å²) in [5.41, 5.74) is 2.80. The van der Waals surface area contributed by atoms with Crippen LogP contribution in [0, 0.1) is 13.8 Å². The third-order valence-electron chi connectivity index (χ3n) is 4.03. The molecule has 0 aromatic heterocycles. The summed E-state index contributed by atoms with van der Waals surface area (Å²) in [6, 6.07) is 14.7. The van der Waals surface area contributed by atoms with Crippen LogP contribution in [0.25, 0.3) is 0 Å². The second kappa shape index (κ2) is 9.76. The van der Waals surface area contributed by atoms with E-state index in [1.807, 2.05) is 62.4 Å². The van der Waals surface area contributed by atoms with Crippen molar-refractivity contribution < 1.29 is 19.1 Å². The summed E-state index contributed by atoms with van der Waals surface area (Å²) in [4.78, 5) is 24.5. The zero-order chi connectivity index (χ0) is 19.8. The zero-order valence-electron chi connectivity index (χ0n) is 16.3. The van der Waals surface area contributed by atoms with Gasteiger partial charge in [-0.1, -0.05) is 48.5 Å². The molecule has 0 radical (unpaired) electrons. The maximum Gasteiger partial charge on any atom is 0.308 e. The van der Waals surface area contributed by atoms with Gasteiger partial charge in [-0.05, 0) is 44.4 Å². The molecule has 144 valence electrons. The van der Waals surface area contributed by atoms with Crippen molar-refractivity contribution in [3.8, 4) is 5.75 Å². The van der Waals surface area contributed by atoms with Crippen LogP contribution in [0.1, 0.15) is 43.0 Å². The van der Waals surface area contributed by atoms with Gasteiger partial charge in [-0.3, -0.25) is 9.59 Å². The minimum absolute atomic E-state index is 0.0668. The van der Waals surface area contributed by atoms with Gasteiger partial charge < -0.3 is 14.8 Å². The molecule has 1 atom stereocenters. The highest BCUT2D eigenvalue weighted by Crippen LogP contribution is 2.22. The van der Waals surface area contributed by atoms with E-state index in [2.05, 4.69) is 5.32 Å². The van der Waals surface area contributed by atoms with Crippen LogP contribution in [0.15, 0.2) is 48.5 Å². The van der Waals surface area contributed by atoms with Crippen molar-refractivity contribution in [2.45, 2.75) is 46.3 Å². The number of carbonyl (C=O) groups excluding carboxylic acids is 2. The van der Waals surface area contributed by atoms with Crippen LogP contribution in [0.5, 0.6) is 5.75 Å². The predicted molar refractivity (Wildman–Crippen MR) is 105 cm³/mol. The predicted octanol–water partition coefficient (Wildman–Crippen LogP) is 3.88. The van der Waals surface area contributed by atoms with Gasteiger partial charge in [0.25, 0.3) is 5.91 Å². The van der Waals surface area contributed by atoms with E-state index in [1.54, 1.807) is 13.8 Å².